The normalized spacial score (nSPS) is 20.0. The number of amides is 1. The molecule has 0 radical (unpaired) electrons. The van der Waals surface area contributed by atoms with E-state index in [2.05, 4.69) is 16.9 Å². The van der Waals surface area contributed by atoms with Crippen molar-refractivity contribution < 1.29 is 19.1 Å². The van der Waals surface area contributed by atoms with Gasteiger partial charge < -0.3 is 14.8 Å². The van der Waals surface area contributed by atoms with Crippen LogP contribution in [0.4, 0.5) is 4.79 Å². The minimum absolute atomic E-state index is 0.0816. The first-order valence-corrected chi connectivity index (χ1v) is 8.98. The highest BCUT2D eigenvalue weighted by molar-refractivity contribution is 5.77. The van der Waals surface area contributed by atoms with E-state index in [1.54, 1.807) is 12.3 Å². The summed E-state index contributed by atoms with van der Waals surface area (Å²) in [6.07, 6.45) is 4.26. The van der Waals surface area contributed by atoms with Crippen molar-refractivity contribution in [1.29, 1.82) is 0 Å². The zero-order valence-electron chi connectivity index (χ0n) is 16.0. The van der Waals surface area contributed by atoms with Crippen LogP contribution in [-0.2, 0) is 14.3 Å². The SMILES string of the molecule is C=CC[C@H](NC(=O)OC(C)(C)C)c1cc([C@H]2C[C@H]2C(=O)OCC)ccn1. The van der Waals surface area contributed by atoms with Crippen molar-refractivity contribution in [2.24, 2.45) is 5.92 Å². The molecule has 1 aromatic heterocycles. The molecule has 142 valence electrons. The van der Waals surface area contributed by atoms with Crippen LogP contribution in [0, 0.1) is 5.92 Å². The Morgan fingerprint density at radius 2 is 2.19 bits per heavy atom. The van der Waals surface area contributed by atoms with Crippen LogP contribution >= 0.6 is 0 Å². The van der Waals surface area contributed by atoms with Gasteiger partial charge in [-0.1, -0.05) is 6.08 Å². The van der Waals surface area contributed by atoms with Gasteiger partial charge in [0.25, 0.3) is 0 Å². The number of carbonyl (C=O) groups excluding carboxylic acids is 2. The Kier molecular flexibility index (Phi) is 6.40. The summed E-state index contributed by atoms with van der Waals surface area (Å²) in [7, 11) is 0. The molecule has 1 N–H and O–H groups in total. The molecule has 0 aliphatic heterocycles. The Hall–Kier alpha value is -2.37. The number of pyridine rings is 1. The van der Waals surface area contributed by atoms with Crippen molar-refractivity contribution in [3.63, 3.8) is 0 Å². The van der Waals surface area contributed by atoms with Gasteiger partial charge in [0.1, 0.15) is 5.60 Å². The van der Waals surface area contributed by atoms with Crippen molar-refractivity contribution in [3.05, 3.63) is 42.2 Å². The predicted octanol–water partition coefficient (Wildman–Crippen LogP) is 3.89. The molecule has 26 heavy (non-hydrogen) atoms. The van der Waals surface area contributed by atoms with Crippen LogP contribution in [0.25, 0.3) is 0 Å². The molecule has 1 heterocycles. The van der Waals surface area contributed by atoms with Gasteiger partial charge in [-0.3, -0.25) is 9.78 Å². The molecule has 1 aromatic rings. The molecular weight excluding hydrogens is 332 g/mol. The fourth-order valence-electron chi connectivity index (χ4n) is 2.83. The number of nitrogens with one attached hydrogen (secondary N) is 1. The summed E-state index contributed by atoms with van der Waals surface area (Å²) in [6, 6.07) is 3.52. The molecule has 0 aromatic carbocycles. The summed E-state index contributed by atoms with van der Waals surface area (Å²) >= 11 is 0. The van der Waals surface area contributed by atoms with Crippen LogP contribution in [0.5, 0.6) is 0 Å². The highest BCUT2D eigenvalue weighted by Gasteiger charge is 2.45. The lowest BCUT2D eigenvalue weighted by Gasteiger charge is -2.23. The number of alkyl carbamates (subject to hydrolysis) is 1. The van der Waals surface area contributed by atoms with Crippen LogP contribution in [0.15, 0.2) is 31.0 Å². The highest BCUT2D eigenvalue weighted by atomic mass is 16.6. The van der Waals surface area contributed by atoms with Gasteiger partial charge in [0, 0.05) is 6.20 Å². The van der Waals surface area contributed by atoms with Gasteiger partial charge in [-0.15, -0.1) is 6.58 Å². The zero-order chi connectivity index (χ0) is 19.3. The maximum atomic E-state index is 12.1. The van der Waals surface area contributed by atoms with E-state index >= 15 is 0 Å². The van der Waals surface area contributed by atoms with Gasteiger partial charge in [-0.2, -0.15) is 0 Å². The van der Waals surface area contributed by atoms with Crippen LogP contribution < -0.4 is 5.32 Å². The third-order valence-corrected chi connectivity index (χ3v) is 4.06. The minimum atomic E-state index is -0.570. The van der Waals surface area contributed by atoms with E-state index in [1.807, 2.05) is 39.8 Å². The fourth-order valence-corrected chi connectivity index (χ4v) is 2.83. The zero-order valence-corrected chi connectivity index (χ0v) is 16.0. The summed E-state index contributed by atoms with van der Waals surface area (Å²) < 4.78 is 10.4. The number of carbonyl (C=O) groups is 2. The van der Waals surface area contributed by atoms with Crippen molar-refractivity contribution in [3.8, 4) is 0 Å². The van der Waals surface area contributed by atoms with E-state index in [9.17, 15) is 9.59 Å². The second-order valence-electron chi connectivity index (χ2n) is 7.44. The molecule has 1 fully saturated rings. The largest absolute Gasteiger partial charge is 0.466 e. The topological polar surface area (TPSA) is 77.5 Å². The number of ether oxygens (including phenoxy) is 2. The lowest BCUT2D eigenvalue weighted by Crippen LogP contribution is -2.35. The van der Waals surface area contributed by atoms with Gasteiger partial charge in [-0.25, -0.2) is 4.79 Å². The summed E-state index contributed by atoms with van der Waals surface area (Å²) in [5.74, 6) is -0.0750. The Morgan fingerprint density at radius 3 is 2.81 bits per heavy atom. The second-order valence-corrected chi connectivity index (χ2v) is 7.44. The molecule has 6 nitrogen and oxygen atoms in total. The van der Waals surface area contributed by atoms with E-state index in [0.717, 1.165) is 17.7 Å². The smallest absolute Gasteiger partial charge is 0.408 e. The molecule has 2 rings (SSSR count). The average Bonchev–Trinajstić information content (AvgIpc) is 3.34. The van der Waals surface area contributed by atoms with Crippen LogP contribution in [0.2, 0.25) is 0 Å². The molecule has 0 spiro atoms. The second kappa shape index (κ2) is 8.34. The molecular formula is C20H28N2O4. The van der Waals surface area contributed by atoms with Crippen LogP contribution in [0.1, 0.15) is 63.8 Å². The number of hydrogen-bond acceptors (Lipinski definition) is 5. The number of aromatic nitrogens is 1. The Bertz CT molecular complexity index is 666. The van der Waals surface area contributed by atoms with Gasteiger partial charge in [0.15, 0.2) is 0 Å². The number of esters is 1. The average molecular weight is 360 g/mol. The highest BCUT2D eigenvalue weighted by Crippen LogP contribution is 2.48. The third-order valence-electron chi connectivity index (χ3n) is 4.06. The first kappa shape index (κ1) is 19.9. The Morgan fingerprint density at radius 1 is 1.46 bits per heavy atom. The van der Waals surface area contributed by atoms with Crippen molar-refractivity contribution in [2.45, 2.75) is 58.1 Å². The predicted molar refractivity (Wildman–Crippen MR) is 98.6 cm³/mol. The molecule has 3 atom stereocenters. The van der Waals surface area contributed by atoms with Crippen molar-refractivity contribution >= 4 is 12.1 Å². The van der Waals surface area contributed by atoms with Gasteiger partial charge in [-0.05, 0) is 64.2 Å². The van der Waals surface area contributed by atoms with Gasteiger partial charge >= 0.3 is 12.1 Å². The third kappa shape index (κ3) is 5.58. The van der Waals surface area contributed by atoms with Gasteiger partial charge in [0.05, 0.1) is 24.3 Å². The Labute approximate surface area is 155 Å². The maximum absolute atomic E-state index is 12.1. The lowest BCUT2D eigenvalue weighted by atomic mass is 10.0. The molecule has 0 unspecified atom stereocenters. The first-order chi connectivity index (χ1) is 12.2. The Balaban J connectivity index is 2.09. The fraction of sp³-hybridized carbons (Fsp3) is 0.550. The molecule has 0 bridgehead atoms. The summed E-state index contributed by atoms with van der Waals surface area (Å²) in [4.78, 5) is 28.4. The quantitative estimate of drug-likeness (QED) is 0.589. The minimum Gasteiger partial charge on any atom is -0.466 e. The molecule has 1 aliphatic carbocycles. The van der Waals surface area contributed by atoms with E-state index < -0.39 is 11.7 Å². The van der Waals surface area contributed by atoms with E-state index in [-0.39, 0.29) is 23.8 Å². The molecule has 0 saturated heterocycles. The number of rotatable bonds is 7. The maximum Gasteiger partial charge on any atom is 0.408 e. The van der Waals surface area contributed by atoms with Crippen molar-refractivity contribution in [2.75, 3.05) is 6.61 Å². The summed E-state index contributed by atoms with van der Waals surface area (Å²) in [6.45, 7) is 11.4. The van der Waals surface area contributed by atoms with Crippen LogP contribution in [0.3, 0.4) is 0 Å². The van der Waals surface area contributed by atoms with E-state index in [4.69, 9.17) is 9.47 Å². The van der Waals surface area contributed by atoms with Crippen molar-refractivity contribution in [1.82, 2.24) is 10.3 Å². The summed E-state index contributed by atoms with van der Waals surface area (Å²) in [5.41, 5.74) is 1.19. The summed E-state index contributed by atoms with van der Waals surface area (Å²) in [5, 5.41) is 2.85. The van der Waals surface area contributed by atoms with E-state index in [0.29, 0.717) is 13.0 Å². The number of hydrogen-bond donors (Lipinski definition) is 1. The molecule has 1 saturated carbocycles. The monoisotopic (exact) mass is 360 g/mol. The molecule has 1 amide bonds. The standard InChI is InChI=1S/C20H28N2O4/c1-6-8-16(22-19(24)26-20(3,4)5)17-11-13(9-10-21-17)14-12-15(14)18(23)25-7-2/h6,9-11,14-16H,1,7-8,12H2,2-5H3,(H,22,24)/t14-,15-,16+/m1/s1. The van der Waals surface area contributed by atoms with Gasteiger partial charge in [0.2, 0.25) is 0 Å². The lowest BCUT2D eigenvalue weighted by molar-refractivity contribution is -0.144. The molecule has 6 heteroatoms. The molecule has 1 aliphatic rings. The first-order valence-electron chi connectivity index (χ1n) is 8.98. The number of nitrogens with zero attached hydrogens (tertiary/aromatic N) is 1. The van der Waals surface area contributed by atoms with Crippen LogP contribution in [-0.4, -0.2) is 29.3 Å². The van der Waals surface area contributed by atoms with E-state index in [1.165, 1.54) is 0 Å².